The van der Waals surface area contributed by atoms with Gasteiger partial charge in [0.15, 0.2) is 0 Å². The number of para-hydroxylation sites is 1. The van der Waals surface area contributed by atoms with Crippen LogP contribution in [0.3, 0.4) is 0 Å². The van der Waals surface area contributed by atoms with E-state index < -0.39 is 0 Å². The molecule has 2 heterocycles. The molecule has 1 saturated heterocycles. The molecule has 1 aliphatic heterocycles. The highest BCUT2D eigenvalue weighted by Gasteiger charge is 2.28. The number of carbonyl (C=O) groups excluding carboxylic acids is 2. The normalized spacial score (nSPS) is 20.7. The van der Waals surface area contributed by atoms with Crippen molar-refractivity contribution >= 4 is 17.5 Å². The fourth-order valence-electron chi connectivity index (χ4n) is 2.88. The van der Waals surface area contributed by atoms with Crippen molar-refractivity contribution in [3.63, 3.8) is 0 Å². The molecule has 0 radical (unpaired) electrons. The third kappa shape index (κ3) is 3.49. The first-order valence-electron chi connectivity index (χ1n) is 7.92. The Bertz CT molecular complexity index is 716. The molecule has 0 bridgehead atoms. The molecule has 0 saturated carbocycles. The van der Waals surface area contributed by atoms with E-state index in [1.54, 1.807) is 35.2 Å². The van der Waals surface area contributed by atoms with Gasteiger partial charge in [0.25, 0.3) is 11.8 Å². The van der Waals surface area contributed by atoms with Gasteiger partial charge in [-0.3, -0.25) is 9.59 Å². The van der Waals surface area contributed by atoms with Gasteiger partial charge in [-0.25, -0.2) is 0 Å². The number of anilines is 1. The first-order chi connectivity index (χ1) is 11.5. The third-order valence-electron chi connectivity index (χ3n) is 3.90. The van der Waals surface area contributed by atoms with Gasteiger partial charge in [0.1, 0.15) is 6.26 Å². The van der Waals surface area contributed by atoms with Crippen molar-refractivity contribution in [3.05, 3.63) is 54.0 Å². The quantitative estimate of drug-likeness (QED) is 0.940. The van der Waals surface area contributed by atoms with Crippen LogP contribution in [0, 0.1) is 0 Å². The summed E-state index contributed by atoms with van der Waals surface area (Å²) in [5.41, 5.74) is 1.36. The lowest BCUT2D eigenvalue weighted by molar-refractivity contribution is -0.0585. The molecule has 0 spiro atoms. The summed E-state index contributed by atoms with van der Waals surface area (Å²) in [4.78, 5) is 26.9. The maximum Gasteiger partial charge on any atom is 0.258 e. The number of nitrogens with one attached hydrogen (secondary N) is 1. The predicted molar refractivity (Wildman–Crippen MR) is 89.0 cm³/mol. The Kier molecular flexibility index (Phi) is 4.66. The fraction of sp³-hybridized carbons (Fsp3) is 0.333. The zero-order valence-electron chi connectivity index (χ0n) is 13.7. The minimum Gasteiger partial charge on any atom is -0.472 e. The summed E-state index contributed by atoms with van der Waals surface area (Å²) in [6, 6.07) is 8.59. The second-order valence-corrected chi connectivity index (χ2v) is 5.98. The SMILES string of the molecule is C[C@@H]1CN(C(=O)c2ccccc2NC(=O)c2ccoc2)C[C@@H](C)O1. The van der Waals surface area contributed by atoms with E-state index in [0.29, 0.717) is 29.9 Å². The smallest absolute Gasteiger partial charge is 0.258 e. The first kappa shape index (κ1) is 16.3. The molecule has 2 amide bonds. The molecule has 2 atom stereocenters. The molecule has 1 fully saturated rings. The van der Waals surface area contributed by atoms with Crippen LogP contribution in [-0.2, 0) is 4.74 Å². The van der Waals surface area contributed by atoms with Crippen molar-refractivity contribution in [2.45, 2.75) is 26.1 Å². The zero-order valence-corrected chi connectivity index (χ0v) is 13.7. The lowest BCUT2D eigenvalue weighted by Crippen LogP contribution is -2.48. The maximum absolute atomic E-state index is 12.9. The maximum atomic E-state index is 12.9. The third-order valence-corrected chi connectivity index (χ3v) is 3.90. The summed E-state index contributed by atoms with van der Waals surface area (Å²) in [5.74, 6) is -0.423. The van der Waals surface area contributed by atoms with Gasteiger partial charge in [-0.05, 0) is 32.0 Å². The number of furan rings is 1. The second kappa shape index (κ2) is 6.88. The highest BCUT2D eigenvalue weighted by Crippen LogP contribution is 2.21. The number of hydrogen-bond acceptors (Lipinski definition) is 4. The van der Waals surface area contributed by atoms with Crippen molar-refractivity contribution < 1.29 is 18.7 Å². The van der Waals surface area contributed by atoms with Crippen LogP contribution in [0.1, 0.15) is 34.6 Å². The Morgan fingerprint density at radius 1 is 1.12 bits per heavy atom. The molecular weight excluding hydrogens is 308 g/mol. The van der Waals surface area contributed by atoms with Crippen LogP contribution in [-0.4, -0.2) is 42.0 Å². The summed E-state index contributed by atoms with van der Waals surface area (Å²) >= 11 is 0. The Hall–Kier alpha value is -2.60. The van der Waals surface area contributed by atoms with Crippen molar-refractivity contribution in [2.24, 2.45) is 0 Å². The Balaban J connectivity index is 1.81. The van der Waals surface area contributed by atoms with E-state index in [9.17, 15) is 9.59 Å². The van der Waals surface area contributed by atoms with Crippen LogP contribution in [0.4, 0.5) is 5.69 Å². The molecule has 1 N–H and O–H groups in total. The number of hydrogen-bond donors (Lipinski definition) is 1. The van der Waals surface area contributed by atoms with Crippen molar-refractivity contribution in [3.8, 4) is 0 Å². The molecule has 126 valence electrons. The summed E-state index contributed by atoms with van der Waals surface area (Å²) in [5, 5.41) is 2.78. The highest BCUT2D eigenvalue weighted by molar-refractivity contribution is 6.08. The molecule has 6 nitrogen and oxygen atoms in total. The van der Waals surface area contributed by atoms with Gasteiger partial charge in [0, 0.05) is 13.1 Å². The number of ether oxygens (including phenoxy) is 1. The van der Waals surface area contributed by atoms with Gasteiger partial charge in [-0.15, -0.1) is 0 Å². The van der Waals surface area contributed by atoms with Crippen LogP contribution in [0.25, 0.3) is 0 Å². The highest BCUT2D eigenvalue weighted by atomic mass is 16.5. The number of carbonyl (C=O) groups is 2. The molecule has 1 aromatic carbocycles. The Labute approximate surface area is 140 Å². The summed E-state index contributed by atoms with van der Waals surface area (Å²) in [7, 11) is 0. The predicted octanol–water partition coefficient (Wildman–Crippen LogP) is 2.78. The molecular formula is C18H20N2O4. The topological polar surface area (TPSA) is 71.8 Å². The van der Waals surface area contributed by atoms with Crippen molar-refractivity contribution in [1.82, 2.24) is 4.90 Å². The molecule has 1 aliphatic rings. The number of rotatable bonds is 3. The molecule has 24 heavy (non-hydrogen) atoms. The van der Waals surface area contributed by atoms with E-state index in [0.717, 1.165) is 0 Å². The van der Waals surface area contributed by atoms with Gasteiger partial charge in [-0.1, -0.05) is 12.1 Å². The number of morpholine rings is 1. The van der Waals surface area contributed by atoms with Crippen LogP contribution in [0.5, 0.6) is 0 Å². The monoisotopic (exact) mass is 328 g/mol. The zero-order chi connectivity index (χ0) is 17.1. The average molecular weight is 328 g/mol. The molecule has 6 heteroatoms. The van der Waals surface area contributed by atoms with Crippen molar-refractivity contribution in [2.75, 3.05) is 18.4 Å². The number of benzene rings is 1. The van der Waals surface area contributed by atoms with Gasteiger partial charge < -0.3 is 19.4 Å². The minimum atomic E-state index is -0.312. The summed E-state index contributed by atoms with van der Waals surface area (Å²) in [6.45, 7) is 4.96. The van der Waals surface area contributed by atoms with E-state index in [4.69, 9.17) is 9.15 Å². The van der Waals surface area contributed by atoms with Gasteiger partial charge in [-0.2, -0.15) is 0 Å². The Morgan fingerprint density at radius 2 is 1.83 bits per heavy atom. The molecule has 2 aromatic rings. The lowest BCUT2D eigenvalue weighted by Gasteiger charge is -2.35. The van der Waals surface area contributed by atoms with Crippen LogP contribution >= 0.6 is 0 Å². The summed E-state index contributed by atoms with van der Waals surface area (Å²) in [6.07, 6.45) is 2.78. The number of nitrogens with zero attached hydrogens (tertiary/aromatic N) is 1. The van der Waals surface area contributed by atoms with Crippen LogP contribution in [0.15, 0.2) is 47.3 Å². The van der Waals surface area contributed by atoms with E-state index in [2.05, 4.69) is 5.32 Å². The van der Waals surface area contributed by atoms with E-state index in [-0.39, 0.29) is 24.0 Å². The largest absolute Gasteiger partial charge is 0.472 e. The fourth-order valence-corrected chi connectivity index (χ4v) is 2.88. The van der Waals surface area contributed by atoms with Gasteiger partial charge in [0.05, 0.1) is 35.3 Å². The Morgan fingerprint density at radius 3 is 2.50 bits per heavy atom. The molecule has 3 rings (SSSR count). The first-order valence-corrected chi connectivity index (χ1v) is 7.92. The van der Waals surface area contributed by atoms with Crippen LogP contribution < -0.4 is 5.32 Å². The standard InChI is InChI=1S/C18H20N2O4/c1-12-9-20(10-13(2)24-12)18(22)15-5-3-4-6-16(15)19-17(21)14-7-8-23-11-14/h3-8,11-13H,9-10H2,1-2H3,(H,19,21)/t12-,13-/m1/s1. The van der Waals surface area contributed by atoms with Gasteiger partial charge >= 0.3 is 0 Å². The molecule has 1 aromatic heterocycles. The lowest BCUT2D eigenvalue weighted by atomic mass is 10.1. The second-order valence-electron chi connectivity index (χ2n) is 5.98. The summed E-state index contributed by atoms with van der Waals surface area (Å²) < 4.78 is 10.6. The van der Waals surface area contributed by atoms with E-state index >= 15 is 0 Å². The molecule has 0 aliphatic carbocycles. The van der Waals surface area contributed by atoms with E-state index in [1.807, 2.05) is 13.8 Å². The molecule has 0 unspecified atom stereocenters. The van der Waals surface area contributed by atoms with E-state index in [1.165, 1.54) is 12.5 Å². The van der Waals surface area contributed by atoms with Gasteiger partial charge in [0.2, 0.25) is 0 Å². The minimum absolute atomic E-state index is 0.00890. The number of amides is 2. The van der Waals surface area contributed by atoms with Crippen molar-refractivity contribution in [1.29, 1.82) is 0 Å². The average Bonchev–Trinajstić information content (AvgIpc) is 3.08. The van der Waals surface area contributed by atoms with Crippen LogP contribution in [0.2, 0.25) is 0 Å².